The van der Waals surface area contributed by atoms with E-state index in [-0.39, 0.29) is 12.8 Å². The highest BCUT2D eigenvalue weighted by atomic mass is 19.3. The molecule has 0 heterocycles. The average molecular weight is 430 g/mol. The van der Waals surface area contributed by atoms with E-state index in [4.69, 9.17) is 0 Å². The van der Waals surface area contributed by atoms with E-state index >= 15 is 0 Å². The molecule has 0 amide bonds. The van der Waals surface area contributed by atoms with Gasteiger partial charge in [0.2, 0.25) is 0 Å². The second-order valence-corrected chi connectivity index (χ2v) is 8.02. The Kier molecular flexibility index (Phi) is 6.99. The monoisotopic (exact) mass is 430 g/mol. The number of alkyl halides is 4. The Morgan fingerprint density at radius 2 is 0.967 bits per heavy atom. The Labute approximate surface area is 174 Å². The zero-order valence-electron chi connectivity index (χ0n) is 18.1. The highest BCUT2D eigenvalue weighted by molar-refractivity contribution is 5.41. The van der Waals surface area contributed by atoms with Crippen molar-refractivity contribution in [3.05, 3.63) is 69.3 Å². The third-order valence-electron chi connectivity index (χ3n) is 5.59. The van der Waals surface area contributed by atoms with E-state index in [0.29, 0.717) is 22.3 Å². The molecule has 0 spiro atoms. The number of halogens is 6. The lowest BCUT2D eigenvalue weighted by molar-refractivity contribution is -0.0481. The van der Waals surface area contributed by atoms with Crippen LogP contribution in [0.1, 0.15) is 61.1 Å². The largest absolute Gasteiger partial charge is 0.279 e. The maximum atomic E-state index is 13.5. The molecule has 2 aromatic rings. The molecule has 2 aliphatic carbocycles. The molecule has 0 radical (unpaired) electrons. The first-order chi connectivity index (χ1) is 13.9. The minimum atomic E-state index is -3.01. The number of benzene rings is 2. The lowest BCUT2D eigenvalue weighted by Gasteiger charge is -2.15. The Hall–Kier alpha value is -1.98. The highest BCUT2D eigenvalue weighted by Crippen LogP contribution is 2.48. The van der Waals surface area contributed by atoms with Crippen molar-refractivity contribution in [2.75, 3.05) is 0 Å². The van der Waals surface area contributed by atoms with Gasteiger partial charge >= 0.3 is 0 Å². The molecule has 166 valence electrons. The molecule has 2 unspecified atom stereocenters. The Balaban J connectivity index is 0.000000197. The third-order valence-corrected chi connectivity index (χ3v) is 5.59. The number of rotatable bonds is 0. The molecule has 30 heavy (non-hydrogen) atoms. The van der Waals surface area contributed by atoms with E-state index in [2.05, 4.69) is 0 Å². The van der Waals surface area contributed by atoms with Crippen LogP contribution in [0.4, 0.5) is 26.3 Å². The molecular formula is C24H28F6. The molecule has 2 aromatic carbocycles. The fraction of sp³-hybridized carbons (Fsp3) is 0.500. The van der Waals surface area contributed by atoms with Crippen LogP contribution in [0.5, 0.6) is 0 Å². The lowest BCUT2D eigenvalue weighted by atomic mass is 10.0. The van der Waals surface area contributed by atoms with E-state index in [9.17, 15) is 26.3 Å². The van der Waals surface area contributed by atoms with Gasteiger partial charge in [0, 0.05) is 11.8 Å². The molecule has 2 aliphatic rings. The minimum absolute atomic E-state index is 0.265. The van der Waals surface area contributed by atoms with Gasteiger partial charge in [-0.1, -0.05) is 39.8 Å². The molecule has 0 saturated heterocycles. The van der Waals surface area contributed by atoms with Gasteiger partial charge in [0.15, 0.2) is 0 Å². The fourth-order valence-corrected chi connectivity index (χ4v) is 4.11. The van der Waals surface area contributed by atoms with Gasteiger partial charge in [-0.3, -0.25) is 0 Å². The summed E-state index contributed by atoms with van der Waals surface area (Å²) < 4.78 is 80.6. The third kappa shape index (κ3) is 4.23. The van der Waals surface area contributed by atoms with Gasteiger partial charge in [-0.2, -0.15) is 0 Å². The van der Waals surface area contributed by atoms with E-state index in [1.165, 1.54) is 26.0 Å². The summed E-state index contributed by atoms with van der Waals surface area (Å²) in [6.07, 6.45) is 0.530. The molecule has 4 rings (SSSR count). The Morgan fingerprint density at radius 1 is 0.667 bits per heavy atom. The van der Waals surface area contributed by atoms with E-state index in [1.54, 1.807) is 26.0 Å². The molecule has 0 nitrogen and oxygen atoms in total. The van der Waals surface area contributed by atoms with Crippen LogP contribution in [-0.2, 0) is 24.7 Å². The number of hydrogen-bond acceptors (Lipinski definition) is 0. The predicted molar refractivity (Wildman–Crippen MR) is 107 cm³/mol. The van der Waals surface area contributed by atoms with Gasteiger partial charge < -0.3 is 0 Å². The maximum Gasteiger partial charge on any atom is 0.279 e. The standard InChI is InChI=1S/2C11H11F3.C2H6/c2*1-6-3-8-5-7(2)11(13,14)10(8)9(12)4-6;1-2/h2*3-4,7H,5H2,1-2H3;1-2H3. The molecule has 0 aliphatic heterocycles. The van der Waals surface area contributed by atoms with Crippen LogP contribution in [0.2, 0.25) is 0 Å². The van der Waals surface area contributed by atoms with Crippen molar-refractivity contribution < 1.29 is 26.3 Å². The number of hydrogen-bond donors (Lipinski definition) is 0. The summed E-state index contributed by atoms with van der Waals surface area (Å²) in [6.45, 7) is 10.3. The first kappa shape index (κ1) is 24.3. The zero-order chi connectivity index (χ0) is 23.0. The average Bonchev–Trinajstić information content (AvgIpc) is 2.98. The zero-order valence-corrected chi connectivity index (χ0v) is 18.1. The maximum absolute atomic E-state index is 13.5. The van der Waals surface area contributed by atoms with Gasteiger partial charge in [0.05, 0.1) is 11.1 Å². The van der Waals surface area contributed by atoms with Crippen molar-refractivity contribution in [1.29, 1.82) is 0 Å². The van der Waals surface area contributed by atoms with Gasteiger partial charge in [-0.25, -0.2) is 26.3 Å². The second kappa shape index (κ2) is 8.64. The van der Waals surface area contributed by atoms with E-state index in [1.807, 2.05) is 13.8 Å². The van der Waals surface area contributed by atoms with Crippen LogP contribution in [0, 0.1) is 37.3 Å². The van der Waals surface area contributed by atoms with Crippen molar-refractivity contribution >= 4 is 0 Å². The van der Waals surface area contributed by atoms with E-state index < -0.39 is 46.4 Å². The van der Waals surface area contributed by atoms with Gasteiger partial charge in [0.1, 0.15) is 11.6 Å². The molecule has 0 fully saturated rings. The molecule has 0 bridgehead atoms. The van der Waals surface area contributed by atoms with Gasteiger partial charge in [0.25, 0.3) is 11.8 Å². The minimum Gasteiger partial charge on any atom is -0.206 e. The Bertz CT molecular complexity index is 841. The van der Waals surface area contributed by atoms with Crippen molar-refractivity contribution in [2.24, 2.45) is 11.8 Å². The van der Waals surface area contributed by atoms with Gasteiger partial charge in [-0.05, 0) is 61.1 Å². The smallest absolute Gasteiger partial charge is 0.206 e. The summed E-state index contributed by atoms with van der Waals surface area (Å²) in [6, 6.07) is 5.64. The summed E-state index contributed by atoms with van der Waals surface area (Å²) in [4.78, 5) is 0. The first-order valence-corrected chi connectivity index (χ1v) is 10.2. The van der Waals surface area contributed by atoms with Crippen molar-refractivity contribution in [1.82, 2.24) is 0 Å². The number of aryl methyl sites for hydroxylation is 2. The van der Waals surface area contributed by atoms with Crippen LogP contribution >= 0.6 is 0 Å². The highest BCUT2D eigenvalue weighted by Gasteiger charge is 2.48. The summed E-state index contributed by atoms with van der Waals surface area (Å²) in [5, 5.41) is 0. The van der Waals surface area contributed by atoms with Crippen LogP contribution < -0.4 is 0 Å². The van der Waals surface area contributed by atoms with Crippen molar-refractivity contribution in [3.63, 3.8) is 0 Å². The summed E-state index contributed by atoms with van der Waals surface area (Å²) in [5.41, 5.74) is 1.53. The van der Waals surface area contributed by atoms with E-state index in [0.717, 1.165) is 0 Å². The topological polar surface area (TPSA) is 0 Å². The number of fused-ring (bicyclic) bond motifs is 2. The first-order valence-electron chi connectivity index (χ1n) is 10.2. The molecule has 0 saturated carbocycles. The quantitative estimate of drug-likeness (QED) is 0.373. The van der Waals surface area contributed by atoms with Gasteiger partial charge in [-0.15, -0.1) is 0 Å². The van der Waals surface area contributed by atoms with Crippen molar-refractivity contribution in [2.45, 2.75) is 66.2 Å². The Morgan fingerprint density at radius 3 is 1.27 bits per heavy atom. The van der Waals surface area contributed by atoms with Crippen LogP contribution in [0.3, 0.4) is 0 Å². The van der Waals surface area contributed by atoms with Crippen LogP contribution in [0.15, 0.2) is 24.3 Å². The molecule has 0 aromatic heterocycles. The summed E-state index contributed by atoms with van der Waals surface area (Å²) in [7, 11) is 0. The lowest BCUT2D eigenvalue weighted by Crippen LogP contribution is -2.18. The molecule has 6 heteroatoms. The molecule has 0 N–H and O–H groups in total. The summed E-state index contributed by atoms with van der Waals surface area (Å²) in [5.74, 6) is -9.15. The SMILES string of the molecule is CC.Cc1cc(F)c2c(c1)CC(C)C2(F)F.Cc1cc(F)c2c(c1)CC(C)C2(F)F. The predicted octanol–water partition coefficient (Wildman–Crippen LogP) is 7.86. The second-order valence-electron chi connectivity index (χ2n) is 8.02. The fourth-order valence-electron chi connectivity index (χ4n) is 4.11. The molecule has 2 atom stereocenters. The van der Waals surface area contributed by atoms with Crippen LogP contribution in [-0.4, -0.2) is 0 Å². The van der Waals surface area contributed by atoms with Crippen LogP contribution in [0.25, 0.3) is 0 Å². The molecular weight excluding hydrogens is 402 g/mol. The normalized spacial score (nSPS) is 22.3. The van der Waals surface area contributed by atoms with Crippen molar-refractivity contribution in [3.8, 4) is 0 Å². The summed E-state index contributed by atoms with van der Waals surface area (Å²) >= 11 is 0.